The molecule has 28 heavy (non-hydrogen) atoms. The summed E-state index contributed by atoms with van der Waals surface area (Å²) in [6.45, 7) is -0.740. The van der Waals surface area contributed by atoms with Crippen molar-refractivity contribution in [1.82, 2.24) is 0 Å². The largest absolute Gasteiger partial charge is 0.494 e. The van der Waals surface area contributed by atoms with E-state index in [-0.39, 0.29) is 22.8 Å². The Hall–Kier alpha value is -3.69. The van der Waals surface area contributed by atoms with Crippen LogP contribution < -0.4 is 14.2 Å². The molecule has 9 nitrogen and oxygen atoms in total. The molecule has 2 aromatic rings. The van der Waals surface area contributed by atoms with Crippen molar-refractivity contribution in [3.8, 4) is 17.2 Å². The van der Waals surface area contributed by atoms with Gasteiger partial charge in [-0.1, -0.05) is 0 Å². The van der Waals surface area contributed by atoms with E-state index < -0.39 is 40.4 Å². The monoisotopic (exact) mass is 393 g/mol. The second-order valence-electron chi connectivity index (χ2n) is 5.33. The maximum atomic E-state index is 13.7. The number of ether oxygens (including phenoxy) is 4. The van der Waals surface area contributed by atoms with Gasteiger partial charge in [-0.25, -0.2) is 9.18 Å². The van der Waals surface area contributed by atoms with Crippen molar-refractivity contribution >= 4 is 17.4 Å². The van der Waals surface area contributed by atoms with Crippen LogP contribution in [0.2, 0.25) is 0 Å². The molecule has 0 bridgehead atoms. The van der Waals surface area contributed by atoms with Gasteiger partial charge in [-0.05, 0) is 18.2 Å². The van der Waals surface area contributed by atoms with Gasteiger partial charge in [0, 0.05) is 11.6 Å². The van der Waals surface area contributed by atoms with Gasteiger partial charge in [-0.2, -0.15) is 0 Å². The van der Waals surface area contributed by atoms with Gasteiger partial charge in [-0.3, -0.25) is 14.9 Å². The van der Waals surface area contributed by atoms with Gasteiger partial charge >= 0.3 is 5.97 Å². The summed E-state index contributed by atoms with van der Waals surface area (Å²) in [6.07, 6.45) is 0. The lowest BCUT2D eigenvalue weighted by molar-refractivity contribution is -0.385. The van der Waals surface area contributed by atoms with E-state index in [1.54, 1.807) is 0 Å². The first kappa shape index (κ1) is 20.6. The van der Waals surface area contributed by atoms with Gasteiger partial charge < -0.3 is 18.9 Å². The summed E-state index contributed by atoms with van der Waals surface area (Å²) in [6, 6.07) is 5.58. The molecule has 10 heteroatoms. The molecule has 0 aliphatic rings. The number of hydrogen-bond acceptors (Lipinski definition) is 8. The van der Waals surface area contributed by atoms with Crippen LogP contribution in [-0.4, -0.2) is 44.6 Å². The molecule has 0 saturated heterocycles. The van der Waals surface area contributed by atoms with Gasteiger partial charge in [-0.15, -0.1) is 0 Å². The minimum atomic E-state index is -1.12. The average Bonchev–Trinajstić information content (AvgIpc) is 2.70. The van der Waals surface area contributed by atoms with Gasteiger partial charge in [0.2, 0.25) is 0 Å². The third-order valence-corrected chi connectivity index (χ3v) is 3.73. The first-order valence-electron chi connectivity index (χ1n) is 7.76. The molecule has 0 fully saturated rings. The number of hydrogen-bond donors (Lipinski definition) is 0. The predicted octanol–water partition coefficient (Wildman–Crippen LogP) is 2.80. The number of nitro groups is 1. The van der Waals surface area contributed by atoms with Crippen LogP contribution in [0, 0.1) is 15.9 Å². The molecule has 0 atom stereocenters. The number of halogens is 1. The van der Waals surface area contributed by atoms with Crippen LogP contribution in [0.15, 0.2) is 30.3 Å². The topological polar surface area (TPSA) is 114 Å². The summed E-state index contributed by atoms with van der Waals surface area (Å²) < 4.78 is 33.3. The highest BCUT2D eigenvalue weighted by atomic mass is 19.1. The number of carbonyl (C=O) groups excluding carboxylic acids is 2. The van der Waals surface area contributed by atoms with Crippen LogP contribution in [-0.2, 0) is 4.74 Å². The lowest BCUT2D eigenvalue weighted by atomic mass is 10.1. The number of methoxy groups -OCH3 is 3. The first-order valence-corrected chi connectivity index (χ1v) is 7.76. The second-order valence-corrected chi connectivity index (χ2v) is 5.33. The Morgan fingerprint density at radius 2 is 1.61 bits per heavy atom. The van der Waals surface area contributed by atoms with Crippen LogP contribution in [0.25, 0.3) is 0 Å². The highest BCUT2D eigenvalue weighted by Gasteiger charge is 2.26. The van der Waals surface area contributed by atoms with E-state index in [9.17, 15) is 24.1 Å². The zero-order chi connectivity index (χ0) is 20.8. The van der Waals surface area contributed by atoms with Crippen molar-refractivity contribution in [2.24, 2.45) is 0 Å². The van der Waals surface area contributed by atoms with Gasteiger partial charge in [0.15, 0.2) is 35.5 Å². The Kier molecular flexibility index (Phi) is 6.48. The lowest BCUT2D eigenvalue weighted by Crippen LogP contribution is -2.16. The molecule has 0 heterocycles. The molecule has 2 rings (SSSR count). The summed E-state index contributed by atoms with van der Waals surface area (Å²) in [4.78, 5) is 34.8. The Morgan fingerprint density at radius 1 is 1.00 bits per heavy atom. The van der Waals surface area contributed by atoms with Gasteiger partial charge in [0.05, 0.1) is 32.3 Å². The molecular weight excluding hydrogens is 377 g/mol. The molecule has 0 aliphatic heterocycles. The first-order chi connectivity index (χ1) is 13.3. The predicted molar refractivity (Wildman–Crippen MR) is 93.8 cm³/mol. The average molecular weight is 393 g/mol. The van der Waals surface area contributed by atoms with Crippen LogP contribution in [0.1, 0.15) is 20.7 Å². The SMILES string of the molecule is COc1ccc(C(=O)COC(=O)c2cc(OC)c(OC)cc2[N+](=O)[O-])cc1F. The Morgan fingerprint density at radius 3 is 2.14 bits per heavy atom. The van der Waals surface area contributed by atoms with Gasteiger partial charge in [0.1, 0.15) is 5.56 Å². The van der Waals surface area contributed by atoms with E-state index in [0.717, 1.165) is 18.2 Å². The summed E-state index contributed by atoms with van der Waals surface area (Å²) in [5.74, 6) is -2.49. The Balaban J connectivity index is 2.21. The van der Waals surface area contributed by atoms with E-state index in [1.807, 2.05) is 0 Å². The van der Waals surface area contributed by atoms with Crippen LogP contribution >= 0.6 is 0 Å². The molecule has 0 N–H and O–H groups in total. The van der Waals surface area contributed by atoms with E-state index >= 15 is 0 Å². The standard InChI is InChI=1S/C18H16FNO8/c1-25-15-5-4-10(6-12(15)19)14(21)9-28-18(22)11-7-16(26-2)17(27-3)8-13(11)20(23)24/h4-8H,9H2,1-3H3. The van der Waals surface area contributed by atoms with E-state index in [1.165, 1.54) is 33.5 Å². The summed E-state index contributed by atoms with van der Waals surface area (Å²) in [7, 11) is 3.85. The molecule has 0 radical (unpaired) electrons. The quantitative estimate of drug-likeness (QED) is 0.291. The fourth-order valence-corrected chi connectivity index (χ4v) is 2.31. The number of rotatable bonds is 8. The third kappa shape index (κ3) is 4.34. The Bertz CT molecular complexity index is 928. The lowest BCUT2D eigenvalue weighted by Gasteiger charge is -2.10. The van der Waals surface area contributed by atoms with Crippen LogP contribution in [0.3, 0.4) is 0 Å². The maximum Gasteiger partial charge on any atom is 0.345 e. The van der Waals surface area contributed by atoms with Crippen molar-refractivity contribution in [3.63, 3.8) is 0 Å². The van der Waals surface area contributed by atoms with Crippen molar-refractivity contribution in [1.29, 1.82) is 0 Å². The zero-order valence-corrected chi connectivity index (χ0v) is 15.2. The summed E-state index contributed by atoms with van der Waals surface area (Å²) in [5, 5.41) is 11.2. The van der Waals surface area contributed by atoms with Crippen molar-refractivity contribution in [3.05, 3.63) is 57.4 Å². The number of esters is 1. The summed E-state index contributed by atoms with van der Waals surface area (Å²) in [5.41, 5.74) is -1.05. The number of carbonyl (C=O) groups is 2. The molecule has 148 valence electrons. The number of ketones is 1. The van der Waals surface area contributed by atoms with Crippen LogP contribution in [0.4, 0.5) is 10.1 Å². The highest BCUT2D eigenvalue weighted by molar-refractivity contribution is 6.00. The minimum Gasteiger partial charge on any atom is -0.494 e. The number of nitrogens with zero attached hydrogens (tertiary/aromatic N) is 1. The molecular formula is C18H16FNO8. The zero-order valence-electron chi connectivity index (χ0n) is 15.2. The number of Topliss-reactive ketones (excluding diaryl/α,β-unsaturated/α-hetero) is 1. The van der Waals surface area contributed by atoms with E-state index in [2.05, 4.69) is 0 Å². The van der Waals surface area contributed by atoms with Gasteiger partial charge in [0.25, 0.3) is 5.69 Å². The minimum absolute atomic E-state index is 0.0468. The molecule has 0 unspecified atom stereocenters. The fraction of sp³-hybridized carbons (Fsp3) is 0.222. The Labute approximate surface area is 158 Å². The van der Waals surface area contributed by atoms with Crippen molar-refractivity contribution in [2.45, 2.75) is 0 Å². The smallest absolute Gasteiger partial charge is 0.345 e. The molecule has 0 aromatic heterocycles. The third-order valence-electron chi connectivity index (χ3n) is 3.73. The normalized spacial score (nSPS) is 10.1. The molecule has 2 aromatic carbocycles. The highest BCUT2D eigenvalue weighted by Crippen LogP contribution is 2.34. The molecule has 0 amide bonds. The number of benzene rings is 2. The fourth-order valence-electron chi connectivity index (χ4n) is 2.31. The molecule has 0 saturated carbocycles. The summed E-state index contributed by atoms with van der Waals surface area (Å²) >= 11 is 0. The van der Waals surface area contributed by atoms with E-state index in [0.29, 0.717) is 0 Å². The molecule has 0 spiro atoms. The van der Waals surface area contributed by atoms with Crippen molar-refractivity contribution in [2.75, 3.05) is 27.9 Å². The number of nitro benzene ring substituents is 1. The van der Waals surface area contributed by atoms with Crippen LogP contribution in [0.5, 0.6) is 17.2 Å². The van der Waals surface area contributed by atoms with E-state index in [4.69, 9.17) is 18.9 Å². The maximum absolute atomic E-state index is 13.7. The second kappa shape index (κ2) is 8.80. The molecule has 0 aliphatic carbocycles. The van der Waals surface area contributed by atoms with Crippen molar-refractivity contribution < 1.29 is 37.9 Å².